The minimum absolute atomic E-state index is 0.304. The lowest BCUT2D eigenvalue weighted by Crippen LogP contribution is -1.93. The molecule has 1 atom stereocenters. The number of hydrogen-bond donors (Lipinski definition) is 2. The van der Waals surface area contributed by atoms with Gasteiger partial charge in [0, 0.05) is 6.42 Å². The van der Waals surface area contributed by atoms with E-state index >= 15 is 0 Å². The van der Waals surface area contributed by atoms with Gasteiger partial charge in [0.05, 0.1) is 6.10 Å². The molecular weight excluding hydrogens is 264 g/mol. The summed E-state index contributed by atoms with van der Waals surface area (Å²) in [5, 5.41) is 17.5. The summed E-state index contributed by atoms with van der Waals surface area (Å²) in [5.74, 6) is -0.688. The lowest BCUT2D eigenvalue weighted by atomic mass is 10.1. The molecule has 0 aliphatic rings. The largest absolute Gasteiger partial charge is 0.481 e. The van der Waals surface area contributed by atoms with E-state index in [1.165, 1.54) is 12.8 Å². The molecule has 21 heavy (non-hydrogen) atoms. The van der Waals surface area contributed by atoms with Crippen molar-refractivity contribution in [2.45, 2.75) is 70.8 Å². The molecule has 3 heteroatoms. The second-order valence-electron chi connectivity index (χ2n) is 5.28. The van der Waals surface area contributed by atoms with Crippen LogP contribution in [-0.2, 0) is 4.79 Å². The van der Waals surface area contributed by atoms with E-state index in [9.17, 15) is 4.79 Å². The molecule has 2 N–H and O–H groups in total. The summed E-state index contributed by atoms with van der Waals surface area (Å²) in [6, 6.07) is 0. The van der Waals surface area contributed by atoms with Crippen LogP contribution in [-0.4, -0.2) is 22.3 Å². The van der Waals surface area contributed by atoms with Crippen molar-refractivity contribution >= 4 is 5.97 Å². The molecule has 0 aliphatic carbocycles. The van der Waals surface area contributed by atoms with Crippen molar-refractivity contribution in [1.29, 1.82) is 0 Å². The van der Waals surface area contributed by atoms with Crippen LogP contribution in [0, 0.1) is 0 Å². The first-order valence-electron chi connectivity index (χ1n) is 7.99. The van der Waals surface area contributed by atoms with Crippen LogP contribution >= 0.6 is 0 Å². The minimum Gasteiger partial charge on any atom is -0.481 e. The fraction of sp³-hybridized carbons (Fsp3) is 0.611. The number of carbonyl (C=O) groups is 1. The van der Waals surface area contributed by atoms with E-state index in [4.69, 9.17) is 10.2 Å². The molecule has 0 heterocycles. The van der Waals surface area contributed by atoms with Crippen molar-refractivity contribution in [3.8, 4) is 0 Å². The third-order valence-corrected chi connectivity index (χ3v) is 3.05. The Morgan fingerprint density at radius 1 is 0.905 bits per heavy atom. The van der Waals surface area contributed by atoms with E-state index in [2.05, 4.69) is 24.3 Å². The SMILES string of the molecule is CC(O)C=CCC=CCC=CCCCCCCCC(=O)O. The maximum atomic E-state index is 10.3. The summed E-state index contributed by atoms with van der Waals surface area (Å²) in [6.07, 6.45) is 20.6. The number of aliphatic carboxylic acids is 1. The smallest absolute Gasteiger partial charge is 0.303 e. The van der Waals surface area contributed by atoms with Crippen LogP contribution in [0.1, 0.15) is 64.7 Å². The standard InChI is InChI=1S/C18H30O3/c1-17(19)15-13-11-9-7-5-3-2-4-6-8-10-12-14-16-18(20)21/h2-3,7,9,13,15,17,19H,4-6,8,10-12,14,16H2,1H3,(H,20,21). The fourth-order valence-electron chi connectivity index (χ4n) is 1.91. The normalized spacial score (nSPS) is 13.6. The molecule has 0 saturated carbocycles. The van der Waals surface area contributed by atoms with Crippen molar-refractivity contribution in [3.05, 3.63) is 36.5 Å². The zero-order valence-electron chi connectivity index (χ0n) is 13.2. The number of carboxylic acids is 1. The quantitative estimate of drug-likeness (QED) is 0.384. The Hall–Kier alpha value is -1.35. The van der Waals surface area contributed by atoms with Crippen molar-refractivity contribution in [2.24, 2.45) is 0 Å². The van der Waals surface area contributed by atoms with Crippen molar-refractivity contribution in [3.63, 3.8) is 0 Å². The van der Waals surface area contributed by atoms with Crippen molar-refractivity contribution in [2.75, 3.05) is 0 Å². The van der Waals surface area contributed by atoms with Gasteiger partial charge in [-0.2, -0.15) is 0 Å². The highest BCUT2D eigenvalue weighted by molar-refractivity contribution is 5.66. The molecule has 1 unspecified atom stereocenters. The number of hydrogen-bond acceptors (Lipinski definition) is 2. The zero-order valence-corrected chi connectivity index (χ0v) is 13.2. The third kappa shape index (κ3) is 18.6. The van der Waals surface area contributed by atoms with Crippen molar-refractivity contribution in [1.82, 2.24) is 0 Å². The van der Waals surface area contributed by atoms with E-state index in [0.29, 0.717) is 6.42 Å². The molecule has 0 amide bonds. The molecule has 0 rings (SSSR count). The predicted octanol–water partition coefficient (Wildman–Crippen LogP) is 4.63. The summed E-state index contributed by atoms with van der Waals surface area (Å²) in [7, 11) is 0. The Balaban J connectivity index is 3.29. The van der Waals surface area contributed by atoms with Crippen LogP contribution in [0.2, 0.25) is 0 Å². The molecule has 120 valence electrons. The second kappa shape index (κ2) is 15.0. The van der Waals surface area contributed by atoms with E-state index < -0.39 is 5.97 Å². The van der Waals surface area contributed by atoms with Gasteiger partial charge in [-0.15, -0.1) is 0 Å². The van der Waals surface area contributed by atoms with Gasteiger partial charge in [-0.05, 0) is 39.0 Å². The number of unbranched alkanes of at least 4 members (excludes halogenated alkanes) is 5. The molecule has 0 aromatic rings. The minimum atomic E-state index is -0.688. The van der Waals surface area contributed by atoms with Gasteiger partial charge in [-0.3, -0.25) is 4.79 Å². The molecule has 0 bridgehead atoms. The van der Waals surface area contributed by atoms with Gasteiger partial charge in [0.2, 0.25) is 0 Å². The van der Waals surface area contributed by atoms with Crippen LogP contribution < -0.4 is 0 Å². The fourth-order valence-corrected chi connectivity index (χ4v) is 1.91. The van der Waals surface area contributed by atoms with Gasteiger partial charge in [-0.1, -0.05) is 55.7 Å². The molecule has 0 aromatic heterocycles. The average molecular weight is 294 g/mol. The molecule has 0 aliphatic heterocycles. The highest BCUT2D eigenvalue weighted by atomic mass is 16.4. The number of aliphatic hydroxyl groups is 1. The lowest BCUT2D eigenvalue weighted by molar-refractivity contribution is -0.137. The number of allylic oxidation sites excluding steroid dienone is 5. The summed E-state index contributed by atoms with van der Waals surface area (Å²) in [6.45, 7) is 1.75. The van der Waals surface area contributed by atoms with Gasteiger partial charge in [0.1, 0.15) is 0 Å². The van der Waals surface area contributed by atoms with Crippen LogP contribution in [0.3, 0.4) is 0 Å². The van der Waals surface area contributed by atoms with Gasteiger partial charge >= 0.3 is 5.97 Å². The van der Waals surface area contributed by atoms with Gasteiger partial charge in [-0.25, -0.2) is 0 Å². The van der Waals surface area contributed by atoms with E-state index in [-0.39, 0.29) is 6.10 Å². The first-order chi connectivity index (χ1) is 10.1. The van der Waals surface area contributed by atoms with Crippen LogP contribution in [0.15, 0.2) is 36.5 Å². The van der Waals surface area contributed by atoms with E-state index in [0.717, 1.165) is 38.5 Å². The Morgan fingerprint density at radius 2 is 1.48 bits per heavy atom. The van der Waals surface area contributed by atoms with Gasteiger partial charge in [0.15, 0.2) is 0 Å². The Bertz CT molecular complexity index is 327. The summed E-state index contributed by atoms with van der Waals surface area (Å²) in [4.78, 5) is 10.3. The highest BCUT2D eigenvalue weighted by Crippen LogP contribution is 2.07. The third-order valence-electron chi connectivity index (χ3n) is 3.05. The average Bonchev–Trinajstić information content (AvgIpc) is 2.42. The van der Waals surface area contributed by atoms with Gasteiger partial charge < -0.3 is 10.2 Å². The molecule has 0 radical (unpaired) electrons. The predicted molar refractivity (Wildman–Crippen MR) is 88.3 cm³/mol. The molecule has 3 nitrogen and oxygen atoms in total. The molecule has 0 saturated heterocycles. The Labute approximate surface area is 129 Å². The van der Waals surface area contributed by atoms with E-state index in [1.54, 1.807) is 13.0 Å². The van der Waals surface area contributed by atoms with Gasteiger partial charge in [0.25, 0.3) is 0 Å². The summed E-state index contributed by atoms with van der Waals surface area (Å²) >= 11 is 0. The Morgan fingerprint density at radius 3 is 2.14 bits per heavy atom. The first-order valence-corrected chi connectivity index (χ1v) is 7.99. The summed E-state index contributed by atoms with van der Waals surface area (Å²) < 4.78 is 0. The monoisotopic (exact) mass is 294 g/mol. The number of aliphatic hydroxyl groups excluding tert-OH is 1. The van der Waals surface area contributed by atoms with Crippen LogP contribution in [0.25, 0.3) is 0 Å². The van der Waals surface area contributed by atoms with Crippen LogP contribution in [0.4, 0.5) is 0 Å². The molecule has 0 fully saturated rings. The maximum Gasteiger partial charge on any atom is 0.303 e. The molecule has 0 spiro atoms. The number of carboxylic acid groups (broad SMARTS) is 1. The Kier molecular flexibility index (Phi) is 14.1. The molecule has 0 aromatic carbocycles. The highest BCUT2D eigenvalue weighted by Gasteiger charge is 1.95. The lowest BCUT2D eigenvalue weighted by Gasteiger charge is -1.98. The topological polar surface area (TPSA) is 57.5 Å². The summed E-state index contributed by atoms with van der Waals surface area (Å²) in [5.41, 5.74) is 0. The first kappa shape index (κ1) is 19.7. The van der Waals surface area contributed by atoms with Crippen molar-refractivity contribution < 1.29 is 15.0 Å². The molecular formula is C18H30O3. The van der Waals surface area contributed by atoms with Crippen LogP contribution in [0.5, 0.6) is 0 Å². The number of rotatable bonds is 13. The second-order valence-corrected chi connectivity index (χ2v) is 5.28. The van der Waals surface area contributed by atoms with E-state index in [1.807, 2.05) is 6.08 Å². The zero-order chi connectivity index (χ0) is 15.8. The maximum absolute atomic E-state index is 10.3.